The summed E-state index contributed by atoms with van der Waals surface area (Å²) in [7, 11) is 1.40. The molecule has 20 heavy (non-hydrogen) atoms. The molecule has 0 unspecified atom stereocenters. The highest BCUT2D eigenvalue weighted by molar-refractivity contribution is 6.32. The Morgan fingerprint density at radius 1 is 1.10 bits per heavy atom. The second-order valence-corrected chi connectivity index (χ2v) is 4.54. The molecule has 8 heteroatoms. The fourth-order valence-corrected chi connectivity index (χ4v) is 1.89. The van der Waals surface area contributed by atoms with Gasteiger partial charge in [0.2, 0.25) is 5.82 Å². The second kappa shape index (κ2) is 5.46. The summed E-state index contributed by atoms with van der Waals surface area (Å²) < 4.78 is 42.9. The molecule has 0 amide bonds. The Hall–Kier alpha value is -1.53. The van der Waals surface area contributed by atoms with Crippen molar-refractivity contribution in [2.45, 2.75) is 6.18 Å². The van der Waals surface area contributed by atoms with Crippen LogP contribution in [-0.2, 0) is 6.18 Å². The van der Waals surface area contributed by atoms with E-state index in [0.29, 0.717) is 16.3 Å². The monoisotopic (exact) mass is 322 g/mol. The van der Waals surface area contributed by atoms with Gasteiger partial charge in [-0.05, 0) is 12.1 Å². The summed E-state index contributed by atoms with van der Waals surface area (Å²) in [4.78, 5) is 6.62. The summed E-state index contributed by atoms with van der Waals surface area (Å²) in [6.45, 7) is 0. The van der Waals surface area contributed by atoms with E-state index in [9.17, 15) is 13.2 Å². The molecule has 0 N–H and O–H groups in total. The van der Waals surface area contributed by atoms with Gasteiger partial charge in [0, 0.05) is 11.6 Å². The minimum atomic E-state index is -4.67. The molecule has 0 bridgehead atoms. The van der Waals surface area contributed by atoms with Crippen molar-refractivity contribution < 1.29 is 17.9 Å². The van der Waals surface area contributed by atoms with Crippen LogP contribution in [0.4, 0.5) is 13.2 Å². The molecule has 2 rings (SSSR count). The molecule has 0 saturated heterocycles. The van der Waals surface area contributed by atoms with Crippen molar-refractivity contribution in [2.75, 3.05) is 7.11 Å². The lowest BCUT2D eigenvalue weighted by molar-refractivity contribution is -0.144. The first-order chi connectivity index (χ1) is 9.31. The van der Waals surface area contributed by atoms with Crippen LogP contribution in [0, 0.1) is 0 Å². The van der Waals surface area contributed by atoms with Crippen LogP contribution in [0.15, 0.2) is 24.3 Å². The number of methoxy groups -OCH3 is 1. The van der Waals surface area contributed by atoms with Gasteiger partial charge >= 0.3 is 6.18 Å². The van der Waals surface area contributed by atoms with Gasteiger partial charge in [-0.3, -0.25) is 0 Å². The highest BCUT2D eigenvalue weighted by Crippen LogP contribution is 2.33. The first kappa shape index (κ1) is 14.9. The zero-order valence-corrected chi connectivity index (χ0v) is 11.5. The summed E-state index contributed by atoms with van der Waals surface area (Å²) in [6.07, 6.45) is -4.67. The molecule has 0 saturated carbocycles. The molecule has 0 aliphatic carbocycles. The van der Waals surface area contributed by atoms with Crippen molar-refractivity contribution in [1.82, 2.24) is 9.97 Å². The highest BCUT2D eigenvalue weighted by Gasteiger charge is 2.35. The van der Waals surface area contributed by atoms with E-state index in [1.807, 2.05) is 0 Å². The van der Waals surface area contributed by atoms with Crippen LogP contribution in [-0.4, -0.2) is 17.1 Å². The van der Waals surface area contributed by atoms with Gasteiger partial charge in [0.05, 0.1) is 17.8 Å². The van der Waals surface area contributed by atoms with Crippen molar-refractivity contribution in [3.63, 3.8) is 0 Å². The molecule has 106 valence electrons. The van der Waals surface area contributed by atoms with Gasteiger partial charge in [0.25, 0.3) is 0 Å². The molecule has 3 nitrogen and oxygen atoms in total. The molecule has 0 atom stereocenters. The number of rotatable bonds is 2. The van der Waals surface area contributed by atoms with E-state index in [1.165, 1.54) is 31.4 Å². The molecule has 0 radical (unpaired) electrons. The number of hydrogen-bond donors (Lipinski definition) is 0. The van der Waals surface area contributed by atoms with E-state index in [4.69, 9.17) is 27.9 Å². The summed E-state index contributed by atoms with van der Waals surface area (Å²) in [5.41, 5.74) is 0.424. The highest BCUT2D eigenvalue weighted by atomic mass is 35.5. The maximum atomic E-state index is 12.6. The van der Waals surface area contributed by atoms with Crippen LogP contribution in [0.2, 0.25) is 10.2 Å². The maximum Gasteiger partial charge on any atom is 0.451 e. The lowest BCUT2D eigenvalue weighted by atomic mass is 10.1. The van der Waals surface area contributed by atoms with Crippen LogP contribution in [0.25, 0.3) is 11.3 Å². The van der Waals surface area contributed by atoms with Gasteiger partial charge in [-0.2, -0.15) is 13.2 Å². The van der Waals surface area contributed by atoms with Crippen LogP contribution in [0.1, 0.15) is 5.82 Å². The zero-order chi connectivity index (χ0) is 14.9. The molecule has 0 fully saturated rings. The van der Waals surface area contributed by atoms with Gasteiger partial charge in [-0.25, -0.2) is 9.97 Å². The summed E-state index contributed by atoms with van der Waals surface area (Å²) in [6, 6.07) is 5.73. The van der Waals surface area contributed by atoms with E-state index in [-0.39, 0.29) is 10.8 Å². The Kier molecular flexibility index (Phi) is 4.06. The molecule has 0 spiro atoms. The van der Waals surface area contributed by atoms with Crippen molar-refractivity contribution in [3.8, 4) is 17.0 Å². The number of hydrogen-bond acceptors (Lipinski definition) is 3. The van der Waals surface area contributed by atoms with Gasteiger partial charge in [0.1, 0.15) is 10.9 Å². The minimum absolute atomic E-state index is 0.0345. The van der Waals surface area contributed by atoms with E-state index >= 15 is 0 Å². The van der Waals surface area contributed by atoms with Gasteiger partial charge in [-0.1, -0.05) is 29.3 Å². The smallest absolute Gasteiger partial charge is 0.451 e. The Bertz CT molecular complexity index is 647. The van der Waals surface area contributed by atoms with Gasteiger partial charge in [-0.15, -0.1) is 0 Å². The Morgan fingerprint density at radius 2 is 1.80 bits per heavy atom. The van der Waals surface area contributed by atoms with E-state index in [2.05, 4.69) is 9.97 Å². The number of nitrogens with zero attached hydrogens (tertiary/aromatic N) is 2. The molecule has 2 aromatic rings. The summed E-state index contributed by atoms with van der Waals surface area (Å²) in [5.74, 6) is -0.971. The lowest BCUT2D eigenvalue weighted by Gasteiger charge is -2.09. The third-order valence-corrected chi connectivity index (χ3v) is 2.90. The first-order valence-electron chi connectivity index (χ1n) is 5.27. The molecular weight excluding hydrogens is 316 g/mol. The van der Waals surface area contributed by atoms with Gasteiger partial charge < -0.3 is 4.74 Å². The average molecular weight is 323 g/mol. The van der Waals surface area contributed by atoms with Crippen LogP contribution in [0.5, 0.6) is 5.75 Å². The number of aromatic nitrogens is 2. The third kappa shape index (κ3) is 3.13. The lowest BCUT2D eigenvalue weighted by Crippen LogP contribution is -2.11. The number of benzene rings is 1. The Balaban J connectivity index is 2.55. The standard InChI is InChI=1S/C12H7Cl2F3N2O/c1-20-9-4-6(2-3-7(9)13)8-5-10(14)19-11(18-8)12(15,16)17/h2-5H,1H3. The van der Waals surface area contributed by atoms with Crippen molar-refractivity contribution in [2.24, 2.45) is 0 Å². The molecule has 1 heterocycles. The zero-order valence-electron chi connectivity index (χ0n) is 10.0. The molecule has 0 aliphatic rings. The van der Waals surface area contributed by atoms with Gasteiger partial charge in [0.15, 0.2) is 0 Å². The SMILES string of the molecule is COc1cc(-c2cc(Cl)nc(C(F)(F)F)n2)ccc1Cl. The van der Waals surface area contributed by atoms with Crippen molar-refractivity contribution in [1.29, 1.82) is 0 Å². The average Bonchev–Trinajstić information content (AvgIpc) is 2.37. The minimum Gasteiger partial charge on any atom is -0.495 e. The van der Waals surface area contributed by atoms with E-state index in [0.717, 1.165) is 0 Å². The van der Waals surface area contributed by atoms with Crippen molar-refractivity contribution >= 4 is 23.2 Å². The van der Waals surface area contributed by atoms with Crippen molar-refractivity contribution in [3.05, 3.63) is 40.3 Å². The Morgan fingerprint density at radius 3 is 2.40 bits per heavy atom. The fraction of sp³-hybridized carbons (Fsp3) is 0.167. The predicted molar refractivity (Wildman–Crippen MR) is 69.0 cm³/mol. The third-order valence-electron chi connectivity index (χ3n) is 2.40. The predicted octanol–water partition coefficient (Wildman–Crippen LogP) is 4.48. The number of alkyl halides is 3. The first-order valence-corrected chi connectivity index (χ1v) is 6.02. The van der Waals surface area contributed by atoms with Crippen LogP contribution >= 0.6 is 23.2 Å². The quantitative estimate of drug-likeness (QED) is 0.765. The molecule has 1 aromatic heterocycles. The Labute approximate surface area is 122 Å². The van der Waals surface area contributed by atoms with E-state index < -0.39 is 12.0 Å². The molecule has 0 aliphatic heterocycles. The topological polar surface area (TPSA) is 35.0 Å². The summed E-state index contributed by atoms with van der Waals surface area (Å²) in [5, 5.41) is 0.0451. The molecule has 1 aromatic carbocycles. The van der Waals surface area contributed by atoms with Crippen LogP contribution < -0.4 is 4.74 Å². The number of halogens is 5. The van der Waals surface area contributed by atoms with Crippen LogP contribution in [0.3, 0.4) is 0 Å². The van der Waals surface area contributed by atoms with E-state index in [1.54, 1.807) is 0 Å². The number of ether oxygens (including phenoxy) is 1. The maximum absolute atomic E-state index is 12.6. The summed E-state index contributed by atoms with van der Waals surface area (Å²) >= 11 is 11.5. The largest absolute Gasteiger partial charge is 0.495 e. The normalized spacial score (nSPS) is 11.5. The fourth-order valence-electron chi connectivity index (χ4n) is 1.51. The molecular formula is C12H7Cl2F3N2O. The second-order valence-electron chi connectivity index (χ2n) is 3.75.